The van der Waals surface area contributed by atoms with Gasteiger partial charge in [-0.3, -0.25) is 0 Å². The fraction of sp³-hybridized carbons (Fsp3) is 0. The van der Waals surface area contributed by atoms with E-state index in [0.717, 1.165) is 111 Å². The van der Waals surface area contributed by atoms with Crippen LogP contribution in [0.1, 0.15) is 0 Å². The Morgan fingerprint density at radius 2 is 0.662 bits per heavy atom. The van der Waals surface area contributed by atoms with Gasteiger partial charge in [0.25, 0.3) is 0 Å². The molecule has 11 aromatic carbocycles. The van der Waals surface area contributed by atoms with Crippen molar-refractivity contribution in [2.24, 2.45) is 0 Å². The molecule has 0 fully saturated rings. The first kappa shape index (κ1) is 40.9. The molecule has 4 nitrogen and oxygen atoms in total. The fourth-order valence-electron chi connectivity index (χ4n) is 10.5. The highest BCUT2D eigenvalue weighted by atomic mass is 32.1. The molecule has 0 spiro atoms. The third-order valence-corrected chi connectivity index (χ3v) is 14.9. The van der Waals surface area contributed by atoms with Crippen LogP contribution in [0.15, 0.2) is 264 Å². The van der Waals surface area contributed by atoms with Gasteiger partial charge in [0, 0.05) is 87.0 Å². The van der Waals surface area contributed by atoms with Gasteiger partial charge in [-0.05, 0) is 131 Å². The number of hydrogen-bond acceptors (Lipinski definition) is 5. The molecule has 14 rings (SSSR count). The Labute approximate surface area is 414 Å². The average Bonchev–Trinajstić information content (AvgIpc) is 4.13. The molecule has 0 radical (unpaired) electrons. The monoisotopic (exact) mass is 926 g/mol. The molecule has 334 valence electrons. The minimum absolute atomic E-state index is 0.860. The van der Waals surface area contributed by atoms with Gasteiger partial charge in [0.05, 0.1) is 0 Å². The number of fused-ring (bicyclic) bond motifs is 9. The molecule has 14 aromatic rings. The molecule has 5 heteroatoms. The molecule has 0 unspecified atom stereocenters. The van der Waals surface area contributed by atoms with E-state index < -0.39 is 0 Å². The van der Waals surface area contributed by atoms with Crippen LogP contribution >= 0.6 is 11.3 Å². The van der Waals surface area contributed by atoms with Crippen molar-refractivity contribution in [1.29, 1.82) is 0 Å². The first-order valence-corrected chi connectivity index (χ1v) is 24.8. The number of nitrogens with zero attached hydrogens (tertiary/aromatic N) is 2. The molecule has 3 aromatic heterocycles. The number of anilines is 6. The van der Waals surface area contributed by atoms with Crippen molar-refractivity contribution in [2.75, 3.05) is 9.80 Å². The molecule has 0 atom stereocenters. The highest BCUT2D eigenvalue weighted by molar-refractivity contribution is 7.25. The topological polar surface area (TPSA) is 32.8 Å². The van der Waals surface area contributed by atoms with Gasteiger partial charge in [0.2, 0.25) is 0 Å². The second-order valence-corrected chi connectivity index (χ2v) is 19.1. The van der Waals surface area contributed by atoms with Crippen LogP contribution < -0.4 is 9.80 Å². The van der Waals surface area contributed by atoms with Gasteiger partial charge in [-0.2, -0.15) is 0 Å². The maximum atomic E-state index is 6.83. The summed E-state index contributed by atoms with van der Waals surface area (Å²) in [6, 6.07) is 91.0. The van der Waals surface area contributed by atoms with Gasteiger partial charge in [-0.25, -0.2) is 0 Å². The van der Waals surface area contributed by atoms with Gasteiger partial charge in [0.1, 0.15) is 22.3 Å². The predicted molar refractivity (Wildman–Crippen MR) is 300 cm³/mol. The Morgan fingerprint density at radius 1 is 0.254 bits per heavy atom. The summed E-state index contributed by atoms with van der Waals surface area (Å²) < 4.78 is 16.2. The largest absolute Gasteiger partial charge is 0.455 e. The van der Waals surface area contributed by atoms with Crippen molar-refractivity contribution in [3.8, 4) is 33.4 Å². The van der Waals surface area contributed by atoms with Gasteiger partial charge >= 0.3 is 0 Å². The molecule has 0 aliphatic heterocycles. The van der Waals surface area contributed by atoms with Crippen LogP contribution in [0.25, 0.3) is 97.4 Å². The lowest BCUT2D eigenvalue weighted by atomic mass is 9.94. The second-order valence-electron chi connectivity index (χ2n) is 18.1. The first-order valence-electron chi connectivity index (χ1n) is 24.0. The molecule has 0 bridgehead atoms. The van der Waals surface area contributed by atoms with E-state index in [4.69, 9.17) is 8.83 Å². The molecule has 0 saturated heterocycles. The third kappa shape index (κ3) is 7.05. The Kier molecular flexibility index (Phi) is 9.68. The van der Waals surface area contributed by atoms with E-state index in [1.54, 1.807) is 0 Å². The van der Waals surface area contributed by atoms with Gasteiger partial charge in [-0.15, -0.1) is 11.3 Å². The molecule has 0 saturated carbocycles. The van der Waals surface area contributed by atoms with Crippen molar-refractivity contribution in [3.63, 3.8) is 0 Å². The summed E-state index contributed by atoms with van der Waals surface area (Å²) in [6.07, 6.45) is 0. The minimum atomic E-state index is 0.860. The lowest BCUT2D eigenvalue weighted by molar-refractivity contribution is 0.669. The predicted octanol–water partition coefficient (Wildman–Crippen LogP) is 19.8. The second kappa shape index (κ2) is 16.8. The molecule has 0 aliphatic carbocycles. The van der Waals surface area contributed by atoms with Crippen LogP contribution in [0, 0.1) is 0 Å². The van der Waals surface area contributed by atoms with Crippen LogP contribution in [-0.4, -0.2) is 0 Å². The maximum absolute atomic E-state index is 6.83. The highest BCUT2D eigenvalue weighted by Gasteiger charge is 2.23. The summed E-state index contributed by atoms with van der Waals surface area (Å²) in [6.45, 7) is 0. The van der Waals surface area contributed by atoms with Crippen LogP contribution in [0.2, 0.25) is 0 Å². The molecule has 0 N–H and O–H groups in total. The quantitative estimate of drug-likeness (QED) is 0.144. The fourth-order valence-corrected chi connectivity index (χ4v) is 11.6. The van der Waals surface area contributed by atoms with Crippen LogP contribution in [0.5, 0.6) is 0 Å². The van der Waals surface area contributed by atoms with Crippen LogP contribution in [-0.2, 0) is 0 Å². The van der Waals surface area contributed by atoms with Crippen molar-refractivity contribution < 1.29 is 8.83 Å². The smallest absolute Gasteiger partial charge is 0.143 e. The number of furan rings is 2. The Morgan fingerprint density at radius 3 is 1.18 bits per heavy atom. The van der Waals surface area contributed by atoms with E-state index in [0.29, 0.717) is 0 Å². The van der Waals surface area contributed by atoms with Gasteiger partial charge in [-0.1, -0.05) is 146 Å². The van der Waals surface area contributed by atoms with Gasteiger partial charge in [0.15, 0.2) is 0 Å². The molecule has 3 heterocycles. The van der Waals surface area contributed by atoms with E-state index in [-0.39, 0.29) is 0 Å². The van der Waals surface area contributed by atoms with Crippen molar-refractivity contribution in [3.05, 3.63) is 255 Å². The first-order chi connectivity index (χ1) is 35.2. The van der Waals surface area contributed by atoms with Crippen LogP contribution in [0.3, 0.4) is 0 Å². The normalized spacial score (nSPS) is 11.7. The summed E-state index contributed by atoms with van der Waals surface area (Å²) in [5.41, 5.74) is 16.2. The zero-order chi connectivity index (χ0) is 46.8. The maximum Gasteiger partial charge on any atom is 0.143 e. The summed E-state index contributed by atoms with van der Waals surface area (Å²) in [4.78, 5) is 4.71. The molecular weight excluding hydrogens is 885 g/mol. The van der Waals surface area contributed by atoms with E-state index in [1.807, 2.05) is 23.5 Å². The van der Waals surface area contributed by atoms with E-state index >= 15 is 0 Å². The SMILES string of the molecule is c1ccc(N(c2ccccc2)c2cc(-c3cccc(-c4cccc(-c5cc(N(c6ccccc6)c6ccc7sc8ccccc8c7c6)cc6c5oc5ccccc56)c4)c3)c3oc4ccccc4c3c2)cc1. The third-order valence-electron chi connectivity index (χ3n) is 13.8. The van der Waals surface area contributed by atoms with Crippen molar-refractivity contribution in [2.45, 2.75) is 0 Å². The lowest BCUT2D eigenvalue weighted by Gasteiger charge is -2.26. The summed E-state index contributed by atoms with van der Waals surface area (Å²) in [7, 11) is 0. The van der Waals surface area contributed by atoms with Gasteiger partial charge < -0.3 is 18.6 Å². The summed E-state index contributed by atoms with van der Waals surface area (Å²) in [5.74, 6) is 0. The highest BCUT2D eigenvalue weighted by Crippen LogP contribution is 2.47. The van der Waals surface area contributed by atoms with Crippen molar-refractivity contribution in [1.82, 2.24) is 0 Å². The standard InChI is InChI=1S/C66H42N2O2S/c1-4-22-47(23-5-1)67(48-24-6-2-7-25-48)51-39-56(65-59(41-51)53-28-10-13-31-61(53)69-65)45-20-16-18-43(36-45)44-19-17-21-46(37-44)57-40-52(42-60-54-29-11-14-32-62(54)70-66(57)60)68(49-26-8-3-9-27-49)50-34-35-64-58(38-50)55-30-12-15-33-63(55)71-64/h1-42H. The minimum Gasteiger partial charge on any atom is -0.455 e. The number of thiophene rings is 1. The number of hydrogen-bond donors (Lipinski definition) is 0. The Hall–Kier alpha value is -9.16. The van der Waals surface area contributed by atoms with E-state index in [9.17, 15) is 0 Å². The zero-order valence-corrected chi connectivity index (χ0v) is 39.2. The summed E-state index contributed by atoms with van der Waals surface area (Å²) in [5, 5.41) is 6.83. The lowest BCUT2D eigenvalue weighted by Crippen LogP contribution is -2.10. The number of para-hydroxylation sites is 5. The van der Waals surface area contributed by atoms with Crippen molar-refractivity contribution >= 4 is 110 Å². The summed E-state index contributed by atoms with van der Waals surface area (Å²) >= 11 is 1.84. The molecule has 71 heavy (non-hydrogen) atoms. The van der Waals surface area contributed by atoms with E-state index in [1.165, 1.54) is 20.2 Å². The van der Waals surface area contributed by atoms with E-state index in [2.05, 4.69) is 252 Å². The number of rotatable bonds is 9. The molecule has 0 amide bonds. The van der Waals surface area contributed by atoms with Crippen LogP contribution in [0.4, 0.5) is 34.1 Å². The Balaban J connectivity index is 0.931. The zero-order valence-electron chi connectivity index (χ0n) is 38.4. The molecule has 0 aliphatic rings. The average molecular weight is 927 g/mol. The Bertz CT molecular complexity index is 4270. The molecular formula is C66H42N2O2S. The number of benzene rings is 11.